The lowest BCUT2D eigenvalue weighted by molar-refractivity contribution is -0.119. The molecular weight excluding hydrogens is 200 g/mol. The molecule has 2 nitrogen and oxygen atoms in total. The molecule has 0 saturated carbocycles. The number of likely N-dealkylation sites (tertiary alicyclic amines) is 1. The lowest BCUT2D eigenvalue weighted by Gasteiger charge is -2.35. The first-order valence-electron chi connectivity index (χ1n) is 5.57. The zero-order valence-corrected chi connectivity index (χ0v) is 11.2. The van der Waals surface area contributed by atoms with E-state index in [-0.39, 0.29) is 13.1 Å². The Balaban J connectivity index is -0.000000156. The van der Waals surface area contributed by atoms with Crippen molar-refractivity contribution in [3.8, 4) is 0 Å². The van der Waals surface area contributed by atoms with Crippen LogP contribution in [0.5, 0.6) is 0 Å². The highest BCUT2D eigenvalue weighted by Gasteiger charge is 2.41. The predicted molar refractivity (Wildman–Crippen MR) is 62.7 cm³/mol. The van der Waals surface area contributed by atoms with Gasteiger partial charge in [0.15, 0.2) is 0 Å². The van der Waals surface area contributed by atoms with Crippen LogP contribution in [0.1, 0.15) is 34.6 Å². The van der Waals surface area contributed by atoms with Gasteiger partial charge in [0.25, 0.3) is 5.92 Å². The molecule has 0 amide bonds. The van der Waals surface area contributed by atoms with Gasteiger partial charge in [0, 0.05) is 13.7 Å². The molecule has 0 bridgehead atoms. The highest BCUT2D eigenvalue weighted by Crippen LogP contribution is 2.23. The molecule has 0 radical (unpaired) electrons. The maximum absolute atomic E-state index is 11.7. The van der Waals surface area contributed by atoms with Gasteiger partial charge >= 0.3 is 0 Å². The Bertz CT molecular complexity index is 101. The highest BCUT2D eigenvalue weighted by molar-refractivity contribution is 4.83. The molecular formula is C11H27F2NO. The Morgan fingerprint density at radius 2 is 1.40 bits per heavy atom. The quantitative estimate of drug-likeness (QED) is 0.681. The summed E-state index contributed by atoms with van der Waals surface area (Å²) in [5, 5.41) is 0. The molecule has 0 unspecified atom stereocenters. The summed E-state index contributed by atoms with van der Waals surface area (Å²) < 4.78 is 28.0. The molecule has 0 aliphatic carbocycles. The van der Waals surface area contributed by atoms with Crippen molar-refractivity contribution in [2.24, 2.45) is 0 Å². The molecule has 4 heteroatoms. The van der Waals surface area contributed by atoms with Crippen LogP contribution in [0, 0.1) is 0 Å². The van der Waals surface area contributed by atoms with Crippen molar-refractivity contribution in [1.29, 1.82) is 0 Å². The van der Waals surface area contributed by atoms with E-state index in [4.69, 9.17) is 0 Å². The maximum Gasteiger partial charge on any atom is 0.272 e. The van der Waals surface area contributed by atoms with E-state index in [0.29, 0.717) is 0 Å². The van der Waals surface area contributed by atoms with Crippen LogP contribution >= 0.6 is 0 Å². The summed E-state index contributed by atoms with van der Waals surface area (Å²) in [6, 6.07) is 0. The number of hydrogen-bond donors (Lipinski definition) is 0. The molecule has 0 N–H and O–H groups in total. The van der Waals surface area contributed by atoms with Gasteiger partial charge in [-0.15, -0.1) is 0 Å². The monoisotopic (exact) mass is 227 g/mol. The highest BCUT2D eigenvalue weighted by atomic mass is 19.3. The van der Waals surface area contributed by atoms with E-state index in [1.54, 1.807) is 19.1 Å². The minimum absolute atomic E-state index is 0.0625. The van der Waals surface area contributed by atoms with Gasteiger partial charge in [-0.05, 0) is 14.0 Å². The van der Waals surface area contributed by atoms with Crippen LogP contribution in [0.25, 0.3) is 0 Å². The first kappa shape index (κ1) is 20.2. The molecule has 1 aliphatic rings. The Morgan fingerprint density at radius 1 is 1.13 bits per heavy atom. The number of alkyl halides is 2. The van der Waals surface area contributed by atoms with Gasteiger partial charge in [0.2, 0.25) is 0 Å². The molecule has 15 heavy (non-hydrogen) atoms. The van der Waals surface area contributed by atoms with E-state index in [2.05, 4.69) is 4.74 Å². The van der Waals surface area contributed by atoms with Crippen LogP contribution in [0.2, 0.25) is 0 Å². The van der Waals surface area contributed by atoms with Crippen LogP contribution < -0.4 is 0 Å². The number of halogens is 2. The van der Waals surface area contributed by atoms with E-state index >= 15 is 0 Å². The second-order valence-corrected chi connectivity index (χ2v) is 2.61. The molecule has 1 rings (SSSR count). The van der Waals surface area contributed by atoms with Gasteiger partial charge in [-0.2, -0.15) is 0 Å². The van der Waals surface area contributed by atoms with E-state index < -0.39 is 5.92 Å². The summed E-state index contributed by atoms with van der Waals surface area (Å²) in [6.45, 7) is 10.7. The first-order valence-corrected chi connectivity index (χ1v) is 5.57. The molecule has 0 aromatic heterocycles. The Kier molecular flexibility index (Phi) is 18.6. The topological polar surface area (TPSA) is 12.5 Å². The number of nitrogens with zero attached hydrogens (tertiary/aromatic N) is 1. The van der Waals surface area contributed by atoms with Crippen LogP contribution in [0.15, 0.2) is 0 Å². The Labute approximate surface area is 93.6 Å². The largest absolute Gasteiger partial charge is 0.385 e. The van der Waals surface area contributed by atoms with E-state index in [0.717, 1.165) is 6.61 Å². The average Bonchev–Trinajstić information content (AvgIpc) is 2.21. The molecule has 0 aromatic carbocycles. The van der Waals surface area contributed by atoms with Gasteiger partial charge in [-0.3, -0.25) is 4.90 Å². The van der Waals surface area contributed by atoms with Crippen LogP contribution in [-0.2, 0) is 4.74 Å². The third-order valence-electron chi connectivity index (χ3n) is 1.29. The Morgan fingerprint density at radius 3 is 1.40 bits per heavy atom. The molecule has 96 valence electrons. The van der Waals surface area contributed by atoms with E-state index in [1.807, 2.05) is 34.6 Å². The fourth-order valence-corrected chi connectivity index (χ4v) is 0.743. The number of methoxy groups -OCH3 is 1. The summed E-state index contributed by atoms with van der Waals surface area (Å²) in [6.07, 6.45) is 0. The van der Waals surface area contributed by atoms with E-state index in [9.17, 15) is 8.78 Å². The van der Waals surface area contributed by atoms with Crippen LogP contribution in [-0.4, -0.2) is 44.7 Å². The average molecular weight is 227 g/mol. The number of hydrogen-bond acceptors (Lipinski definition) is 2. The predicted octanol–water partition coefficient (Wildman–Crippen LogP) is 3.27. The molecule has 0 spiro atoms. The smallest absolute Gasteiger partial charge is 0.272 e. The summed E-state index contributed by atoms with van der Waals surface area (Å²) in [5.74, 6) is -2.38. The Hall–Kier alpha value is -0.220. The third kappa shape index (κ3) is 16.5. The first-order chi connectivity index (χ1) is 7.02. The van der Waals surface area contributed by atoms with Crippen LogP contribution in [0.4, 0.5) is 8.78 Å². The van der Waals surface area contributed by atoms with Gasteiger partial charge in [-0.25, -0.2) is 8.78 Å². The number of rotatable bonds is 1. The minimum Gasteiger partial charge on any atom is -0.385 e. The molecule has 0 aromatic rings. The zero-order valence-electron chi connectivity index (χ0n) is 11.2. The summed E-state index contributed by atoms with van der Waals surface area (Å²) in [5.41, 5.74) is 0. The second kappa shape index (κ2) is 13.8. The lowest BCUT2D eigenvalue weighted by atomic mass is 10.2. The molecule has 1 aliphatic heterocycles. The summed E-state index contributed by atoms with van der Waals surface area (Å²) >= 11 is 0. The second-order valence-electron chi connectivity index (χ2n) is 2.61. The van der Waals surface area contributed by atoms with Gasteiger partial charge in [-0.1, -0.05) is 27.7 Å². The van der Waals surface area contributed by atoms with Crippen molar-refractivity contribution in [2.45, 2.75) is 40.5 Å². The third-order valence-corrected chi connectivity index (χ3v) is 1.29. The maximum atomic E-state index is 11.7. The SMILES string of the molecule is CC.CC.CCOC.CN1CC(F)(F)C1. The van der Waals surface area contributed by atoms with Crippen molar-refractivity contribution in [3.63, 3.8) is 0 Å². The van der Waals surface area contributed by atoms with Crippen LogP contribution in [0.3, 0.4) is 0 Å². The molecule has 1 saturated heterocycles. The fraction of sp³-hybridized carbons (Fsp3) is 1.00. The molecule has 1 fully saturated rings. The van der Waals surface area contributed by atoms with Gasteiger partial charge in [0.05, 0.1) is 13.1 Å². The normalized spacial score (nSPS) is 16.6. The molecule has 0 atom stereocenters. The minimum atomic E-state index is -2.38. The van der Waals surface area contributed by atoms with Crippen molar-refractivity contribution in [2.75, 3.05) is 33.9 Å². The lowest BCUT2D eigenvalue weighted by Crippen LogP contribution is -2.53. The van der Waals surface area contributed by atoms with Crippen molar-refractivity contribution < 1.29 is 13.5 Å². The number of ether oxygens (including phenoxy) is 1. The summed E-state index contributed by atoms with van der Waals surface area (Å²) in [7, 11) is 3.36. The summed E-state index contributed by atoms with van der Waals surface area (Å²) in [4.78, 5) is 1.58. The standard InChI is InChI=1S/C4H7F2N.C3H8O.2C2H6/c1-7-2-4(5,6)3-7;1-3-4-2;2*1-2/h2-3H2,1H3;3H2,1-2H3;2*1-2H3. The van der Waals surface area contributed by atoms with Gasteiger partial charge < -0.3 is 4.74 Å². The van der Waals surface area contributed by atoms with Gasteiger partial charge in [0.1, 0.15) is 0 Å². The fourth-order valence-electron chi connectivity index (χ4n) is 0.743. The van der Waals surface area contributed by atoms with Crippen molar-refractivity contribution >= 4 is 0 Å². The van der Waals surface area contributed by atoms with Crippen molar-refractivity contribution in [1.82, 2.24) is 4.90 Å². The molecule has 1 heterocycles. The van der Waals surface area contributed by atoms with E-state index in [1.165, 1.54) is 0 Å². The zero-order chi connectivity index (χ0) is 12.9. The van der Waals surface area contributed by atoms with Crippen molar-refractivity contribution in [3.05, 3.63) is 0 Å².